The summed E-state index contributed by atoms with van der Waals surface area (Å²) in [5, 5.41) is 4.37. The van der Waals surface area contributed by atoms with Crippen molar-refractivity contribution in [1.29, 1.82) is 0 Å². The number of aryl methyl sites for hydroxylation is 1. The third-order valence-electron chi connectivity index (χ3n) is 7.52. The zero-order chi connectivity index (χ0) is 23.8. The molecule has 3 heterocycles. The van der Waals surface area contributed by atoms with Gasteiger partial charge in [-0.05, 0) is 86.9 Å². The molecule has 0 spiro atoms. The number of anilines is 2. The Morgan fingerprint density at radius 1 is 1.00 bits per heavy atom. The van der Waals surface area contributed by atoms with Gasteiger partial charge in [-0.1, -0.05) is 25.3 Å². The van der Waals surface area contributed by atoms with E-state index < -0.39 is 0 Å². The van der Waals surface area contributed by atoms with Crippen LogP contribution in [0.4, 0.5) is 11.4 Å². The van der Waals surface area contributed by atoms with E-state index in [4.69, 9.17) is 17.2 Å². The van der Waals surface area contributed by atoms with Gasteiger partial charge < -0.3 is 19.7 Å². The topological polar surface area (TPSA) is 36.3 Å². The molecule has 0 radical (unpaired) electrons. The van der Waals surface area contributed by atoms with Crippen molar-refractivity contribution in [2.75, 3.05) is 23.9 Å². The zero-order valence-electron chi connectivity index (χ0n) is 20.7. The molecule has 5 nitrogen and oxygen atoms in total. The fourth-order valence-electron chi connectivity index (χ4n) is 5.86. The van der Waals surface area contributed by atoms with Crippen LogP contribution < -0.4 is 15.1 Å². The van der Waals surface area contributed by atoms with Crippen LogP contribution in [0.1, 0.15) is 72.9 Å². The van der Waals surface area contributed by atoms with E-state index in [1.165, 1.54) is 54.7 Å². The van der Waals surface area contributed by atoms with E-state index in [-0.39, 0.29) is 12.1 Å². The predicted octanol–water partition coefficient (Wildman–Crippen LogP) is 6.25. The number of thiocarbonyl (C=S) groups is 1. The second-order valence-electron chi connectivity index (χ2n) is 9.90. The third-order valence-corrected chi connectivity index (χ3v) is 7.84. The van der Waals surface area contributed by atoms with Crippen molar-refractivity contribution < 1.29 is 0 Å². The Morgan fingerprint density at radius 3 is 2.38 bits per heavy atom. The maximum absolute atomic E-state index is 5.94. The normalized spacial score (nSPS) is 21.1. The average molecular weight is 474 g/mol. The first-order valence-corrected chi connectivity index (χ1v) is 12.8. The molecule has 34 heavy (non-hydrogen) atoms. The SMILES string of the molecule is Cc1cc(C2C(c3ccccn3)NC(=S)N2c2ccc(N(C)C)cc2)c(C)n1C1CCCCC1. The lowest BCUT2D eigenvalue weighted by atomic mass is 9.94. The second-order valence-corrected chi connectivity index (χ2v) is 10.3. The molecular weight excluding hydrogens is 438 g/mol. The van der Waals surface area contributed by atoms with Crippen LogP contribution in [0.5, 0.6) is 0 Å². The van der Waals surface area contributed by atoms with E-state index in [0.717, 1.165) is 16.5 Å². The second kappa shape index (κ2) is 9.41. The molecule has 2 unspecified atom stereocenters. The minimum atomic E-state index is -0.0115. The van der Waals surface area contributed by atoms with Crippen molar-refractivity contribution in [1.82, 2.24) is 14.9 Å². The summed E-state index contributed by atoms with van der Waals surface area (Å²) in [5.74, 6) is 0. The van der Waals surface area contributed by atoms with Gasteiger partial charge in [0.2, 0.25) is 0 Å². The highest BCUT2D eigenvalue weighted by molar-refractivity contribution is 7.80. The highest BCUT2D eigenvalue weighted by Crippen LogP contribution is 2.44. The zero-order valence-corrected chi connectivity index (χ0v) is 21.5. The maximum atomic E-state index is 5.94. The van der Waals surface area contributed by atoms with Crippen molar-refractivity contribution >= 4 is 28.7 Å². The van der Waals surface area contributed by atoms with Crippen LogP contribution in [0.3, 0.4) is 0 Å². The summed E-state index contributed by atoms with van der Waals surface area (Å²) in [5.41, 5.74) is 7.34. The Morgan fingerprint density at radius 2 is 1.74 bits per heavy atom. The molecule has 1 saturated heterocycles. The Balaban J connectivity index is 1.61. The molecule has 0 bridgehead atoms. The lowest BCUT2D eigenvalue weighted by Crippen LogP contribution is -2.29. The lowest BCUT2D eigenvalue weighted by Gasteiger charge is -2.30. The number of hydrogen-bond donors (Lipinski definition) is 1. The minimum absolute atomic E-state index is 0.0115. The molecule has 0 amide bonds. The Hall–Kier alpha value is -2.86. The number of aromatic nitrogens is 2. The summed E-state index contributed by atoms with van der Waals surface area (Å²) in [7, 11) is 4.13. The van der Waals surface area contributed by atoms with E-state index in [2.05, 4.69) is 90.1 Å². The highest BCUT2D eigenvalue weighted by Gasteiger charge is 2.42. The van der Waals surface area contributed by atoms with Crippen molar-refractivity contribution in [3.63, 3.8) is 0 Å². The standard InChI is InChI=1S/C28H35N5S/c1-19-18-24(20(2)32(19)22-10-6-5-7-11-22)27-26(25-12-8-9-17-29-25)30-28(34)33(27)23-15-13-21(14-16-23)31(3)4/h8-9,12-18,22,26-27H,5-7,10-11H2,1-4H3,(H,30,34). The maximum Gasteiger partial charge on any atom is 0.174 e. The first-order valence-electron chi connectivity index (χ1n) is 12.4. The van der Waals surface area contributed by atoms with E-state index in [1.807, 2.05) is 12.3 Å². The number of hydrogen-bond acceptors (Lipinski definition) is 3. The molecule has 2 fully saturated rings. The monoisotopic (exact) mass is 473 g/mol. The number of nitrogens with one attached hydrogen (secondary N) is 1. The Bertz CT molecular complexity index is 1150. The average Bonchev–Trinajstić information content (AvgIpc) is 3.35. The van der Waals surface area contributed by atoms with E-state index >= 15 is 0 Å². The van der Waals surface area contributed by atoms with Crippen LogP contribution in [-0.2, 0) is 0 Å². The van der Waals surface area contributed by atoms with Crippen LogP contribution >= 0.6 is 12.2 Å². The summed E-state index contributed by atoms with van der Waals surface area (Å²) in [4.78, 5) is 9.14. The summed E-state index contributed by atoms with van der Waals surface area (Å²) in [6.07, 6.45) is 8.44. The van der Waals surface area contributed by atoms with Crippen LogP contribution in [0.2, 0.25) is 0 Å². The van der Waals surface area contributed by atoms with Gasteiger partial charge in [0.1, 0.15) is 0 Å². The Kier molecular flexibility index (Phi) is 6.34. The molecule has 1 aliphatic carbocycles. The largest absolute Gasteiger partial charge is 0.378 e. The number of pyridine rings is 1. The molecule has 1 saturated carbocycles. The van der Waals surface area contributed by atoms with Gasteiger partial charge in [-0.3, -0.25) is 4.98 Å². The van der Waals surface area contributed by atoms with Gasteiger partial charge in [-0.2, -0.15) is 0 Å². The lowest BCUT2D eigenvalue weighted by molar-refractivity contribution is 0.345. The molecule has 2 aromatic heterocycles. The fourth-order valence-corrected chi connectivity index (χ4v) is 6.21. The van der Waals surface area contributed by atoms with Crippen molar-refractivity contribution in [3.8, 4) is 0 Å². The summed E-state index contributed by atoms with van der Waals surface area (Å²) in [6.45, 7) is 4.55. The van der Waals surface area contributed by atoms with Gasteiger partial charge in [-0.15, -0.1) is 0 Å². The summed E-state index contributed by atoms with van der Waals surface area (Å²) < 4.78 is 2.60. The molecule has 1 aliphatic heterocycles. The van der Waals surface area contributed by atoms with Gasteiger partial charge in [-0.25, -0.2) is 0 Å². The van der Waals surface area contributed by atoms with E-state index in [1.54, 1.807) is 0 Å². The summed E-state index contributed by atoms with van der Waals surface area (Å²) >= 11 is 5.94. The van der Waals surface area contributed by atoms with Gasteiger partial charge >= 0.3 is 0 Å². The molecule has 3 aromatic rings. The Labute approximate surface area is 208 Å². The van der Waals surface area contributed by atoms with Crippen molar-refractivity contribution in [2.24, 2.45) is 0 Å². The third kappa shape index (κ3) is 4.09. The molecule has 6 heteroatoms. The van der Waals surface area contributed by atoms with Crippen LogP contribution in [-0.4, -0.2) is 28.8 Å². The smallest absolute Gasteiger partial charge is 0.174 e. The van der Waals surface area contributed by atoms with Gasteiger partial charge in [0, 0.05) is 49.1 Å². The molecule has 1 aromatic carbocycles. The number of nitrogens with zero attached hydrogens (tertiary/aromatic N) is 4. The van der Waals surface area contributed by atoms with Gasteiger partial charge in [0.15, 0.2) is 5.11 Å². The van der Waals surface area contributed by atoms with Gasteiger partial charge in [0.25, 0.3) is 0 Å². The number of rotatable bonds is 5. The molecule has 2 atom stereocenters. The first kappa shape index (κ1) is 22.9. The van der Waals surface area contributed by atoms with E-state index in [0.29, 0.717) is 6.04 Å². The molecule has 5 rings (SSSR count). The summed E-state index contributed by atoms with van der Waals surface area (Å²) in [6, 6.07) is 17.8. The first-order chi connectivity index (χ1) is 16.5. The highest BCUT2D eigenvalue weighted by atomic mass is 32.1. The minimum Gasteiger partial charge on any atom is -0.378 e. The quantitative estimate of drug-likeness (QED) is 0.443. The predicted molar refractivity (Wildman–Crippen MR) is 145 cm³/mol. The van der Waals surface area contributed by atoms with Gasteiger partial charge in [0.05, 0.1) is 17.8 Å². The van der Waals surface area contributed by atoms with Crippen LogP contribution in [0.15, 0.2) is 54.7 Å². The molecule has 178 valence electrons. The molecule has 1 N–H and O–H groups in total. The van der Waals surface area contributed by atoms with Crippen molar-refractivity contribution in [3.05, 3.63) is 77.4 Å². The number of benzene rings is 1. The van der Waals surface area contributed by atoms with Crippen molar-refractivity contribution in [2.45, 2.75) is 64.1 Å². The van der Waals surface area contributed by atoms with Crippen LogP contribution in [0, 0.1) is 13.8 Å². The molecular formula is C28H35N5S. The van der Waals surface area contributed by atoms with Crippen LogP contribution in [0.25, 0.3) is 0 Å². The van der Waals surface area contributed by atoms with E-state index in [9.17, 15) is 0 Å². The fraction of sp³-hybridized carbons (Fsp3) is 0.429. The molecule has 2 aliphatic rings.